The Morgan fingerprint density at radius 1 is 0.828 bits per heavy atom. The van der Waals surface area contributed by atoms with Crippen LogP contribution in [-0.2, 0) is 0 Å². The van der Waals surface area contributed by atoms with Crippen LogP contribution < -0.4 is 5.32 Å². The van der Waals surface area contributed by atoms with Gasteiger partial charge in [0.1, 0.15) is 17.5 Å². The van der Waals surface area contributed by atoms with Crippen LogP contribution in [0.4, 0.5) is 11.5 Å². The van der Waals surface area contributed by atoms with Crippen molar-refractivity contribution in [2.24, 2.45) is 0 Å². The molecular weight excluding hydrogens is 403 g/mol. The normalized spacial score (nSPS) is 10.4. The third kappa shape index (κ3) is 4.22. The molecule has 0 aliphatic rings. The van der Waals surface area contributed by atoms with E-state index in [0.717, 1.165) is 16.8 Å². The first-order chi connectivity index (χ1) is 14.1. The zero-order valence-corrected chi connectivity index (χ0v) is 16.6. The smallest absolute Gasteiger partial charge is 0.149 e. The lowest BCUT2D eigenvalue weighted by atomic mass is 9.99. The fraction of sp³-hybridized carbons (Fsp3) is 0. The molecule has 2 aromatic heterocycles. The molecular formula is C23H14Cl2N4. The maximum atomic E-state index is 9.91. The summed E-state index contributed by atoms with van der Waals surface area (Å²) in [6, 6.07) is 24.4. The molecule has 0 fully saturated rings. The van der Waals surface area contributed by atoms with Crippen molar-refractivity contribution in [2.75, 3.05) is 5.32 Å². The van der Waals surface area contributed by atoms with E-state index in [-0.39, 0.29) is 0 Å². The molecule has 2 aromatic carbocycles. The molecule has 4 rings (SSSR count). The van der Waals surface area contributed by atoms with Crippen molar-refractivity contribution in [3.8, 4) is 28.6 Å². The number of hydrogen-bond acceptors (Lipinski definition) is 4. The number of nitrogens with zero attached hydrogens (tertiary/aromatic N) is 3. The Morgan fingerprint density at radius 3 is 2.14 bits per heavy atom. The standard InChI is InChI=1S/C23H14Cl2N4/c24-16-6-4-15(5-7-16)19-13-22(21-3-1-2-12-27-21)29-23(20(19)14-26)28-18-10-8-17(25)9-11-18/h1-13H,(H,28,29). The second kappa shape index (κ2) is 8.32. The zero-order valence-electron chi connectivity index (χ0n) is 15.1. The topological polar surface area (TPSA) is 61.6 Å². The van der Waals surface area contributed by atoms with Gasteiger partial charge in [-0.2, -0.15) is 5.26 Å². The quantitative estimate of drug-likeness (QED) is 0.400. The number of nitrogens with one attached hydrogen (secondary N) is 1. The summed E-state index contributed by atoms with van der Waals surface area (Å²) in [7, 11) is 0. The van der Waals surface area contributed by atoms with E-state index in [0.29, 0.717) is 32.8 Å². The van der Waals surface area contributed by atoms with Crippen molar-refractivity contribution in [1.29, 1.82) is 5.26 Å². The van der Waals surface area contributed by atoms with Crippen LogP contribution >= 0.6 is 23.2 Å². The first kappa shape index (κ1) is 18.9. The Morgan fingerprint density at radius 2 is 1.52 bits per heavy atom. The van der Waals surface area contributed by atoms with Crippen molar-refractivity contribution in [3.63, 3.8) is 0 Å². The Bertz CT molecular complexity index is 1180. The molecule has 0 radical (unpaired) electrons. The molecule has 0 bridgehead atoms. The molecule has 0 unspecified atom stereocenters. The van der Waals surface area contributed by atoms with Gasteiger partial charge in [0.25, 0.3) is 0 Å². The molecule has 0 atom stereocenters. The number of halogens is 2. The molecule has 140 valence electrons. The summed E-state index contributed by atoms with van der Waals surface area (Å²) in [5.41, 5.74) is 4.19. The molecule has 29 heavy (non-hydrogen) atoms. The van der Waals surface area contributed by atoms with Gasteiger partial charge in [0.2, 0.25) is 0 Å². The molecule has 1 N–H and O–H groups in total. The Balaban J connectivity index is 1.90. The largest absolute Gasteiger partial charge is 0.339 e. The summed E-state index contributed by atoms with van der Waals surface area (Å²) in [6.45, 7) is 0. The molecule has 0 amide bonds. The number of nitriles is 1. The molecule has 6 heteroatoms. The molecule has 0 saturated carbocycles. The van der Waals surface area contributed by atoms with Gasteiger partial charge in [-0.25, -0.2) is 4.98 Å². The number of rotatable bonds is 4. The van der Waals surface area contributed by atoms with Gasteiger partial charge in [0.15, 0.2) is 0 Å². The highest BCUT2D eigenvalue weighted by Crippen LogP contribution is 2.33. The van der Waals surface area contributed by atoms with Gasteiger partial charge in [0, 0.05) is 27.5 Å². The lowest BCUT2D eigenvalue weighted by Gasteiger charge is -2.14. The van der Waals surface area contributed by atoms with E-state index in [4.69, 9.17) is 23.2 Å². The summed E-state index contributed by atoms with van der Waals surface area (Å²) < 4.78 is 0. The minimum absolute atomic E-state index is 0.432. The Hall–Kier alpha value is -3.39. The lowest BCUT2D eigenvalue weighted by Crippen LogP contribution is -2.01. The fourth-order valence-electron chi connectivity index (χ4n) is 2.92. The van der Waals surface area contributed by atoms with Crippen molar-refractivity contribution < 1.29 is 0 Å². The van der Waals surface area contributed by atoms with Gasteiger partial charge in [-0.1, -0.05) is 41.4 Å². The minimum atomic E-state index is 0.432. The monoisotopic (exact) mass is 416 g/mol. The predicted molar refractivity (Wildman–Crippen MR) is 117 cm³/mol. The summed E-state index contributed by atoms with van der Waals surface area (Å²) in [6.07, 6.45) is 1.71. The van der Waals surface area contributed by atoms with Crippen LogP contribution in [0.2, 0.25) is 10.0 Å². The molecule has 0 saturated heterocycles. The highest BCUT2D eigenvalue weighted by atomic mass is 35.5. The van der Waals surface area contributed by atoms with Gasteiger partial charge in [0.05, 0.1) is 11.4 Å². The van der Waals surface area contributed by atoms with E-state index in [2.05, 4.69) is 21.4 Å². The van der Waals surface area contributed by atoms with Gasteiger partial charge in [-0.15, -0.1) is 0 Å². The van der Waals surface area contributed by atoms with Crippen molar-refractivity contribution in [1.82, 2.24) is 9.97 Å². The maximum Gasteiger partial charge on any atom is 0.149 e. The second-order valence-corrected chi connectivity index (χ2v) is 7.12. The summed E-state index contributed by atoms with van der Waals surface area (Å²) in [4.78, 5) is 9.08. The van der Waals surface area contributed by atoms with E-state index in [9.17, 15) is 5.26 Å². The van der Waals surface area contributed by atoms with E-state index >= 15 is 0 Å². The van der Waals surface area contributed by atoms with E-state index in [1.165, 1.54) is 0 Å². The first-order valence-electron chi connectivity index (χ1n) is 8.79. The van der Waals surface area contributed by atoms with Crippen LogP contribution in [0.5, 0.6) is 0 Å². The van der Waals surface area contributed by atoms with Gasteiger partial charge >= 0.3 is 0 Å². The van der Waals surface area contributed by atoms with Crippen LogP contribution in [0.15, 0.2) is 79.0 Å². The second-order valence-electron chi connectivity index (χ2n) is 6.24. The SMILES string of the molecule is N#Cc1c(-c2ccc(Cl)cc2)cc(-c2ccccn2)nc1Nc1ccc(Cl)cc1. The number of benzene rings is 2. The number of pyridine rings is 2. The number of anilines is 2. The number of hydrogen-bond donors (Lipinski definition) is 1. The molecule has 4 aromatic rings. The fourth-order valence-corrected chi connectivity index (χ4v) is 3.17. The average Bonchev–Trinajstić information content (AvgIpc) is 2.76. The maximum absolute atomic E-state index is 9.91. The van der Waals surface area contributed by atoms with Crippen LogP contribution in [0.25, 0.3) is 22.5 Å². The third-order valence-electron chi connectivity index (χ3n) is 4.32. The summed E-state index contributed by atoms with van der Waals surface area (Å²) in [5.74, 6) is 0.447. The predicted octanol–water partition coefficient (Wildman–Crippen LogP) is 6.73. The van der Waals surface area contributed by atoms with E-state index in [1.54, 1.807) is 30.5 Å². The Kier molecular flexibility index (Phi) is 5.44. The molecule has 0 spiro atoms. The lowest BCUT2D eigenvalue weighted by molar-refractivity contribution is 1.23. The van der Waals surface area contributed by atoms with Crippen molar-refractivity contribution in [2.45, 2.75) is 0 Å². The summed E-state index contributed by atoms with van der Waals surface area (Å²) in [5, 5.41) is 14.4. The van der Waals surface area contributed by atoms with E-state index in [1.807, 2.05) is 48.5 Å². The highest BCUT2D eigenvalue weighted by Gasteiger charge is 2.16. The minimum Gasteiger partial charge on any atom is -0.339 e. The molecule has 0 aliphatic heterocycles. The van der Waals surface area contributed by atoms with Crippen LogP contribution in [0.3, 0.4) is 0 Å². The van der Waals surface area contributed by atoms with Gasteiger partial charge in [-0.3, -0.25) is 4.98 Å². The van der Waals surface area contributed by atoms with Gasteiger partial charge < -0.3 is 5.32 Å². The van der Waals surface area contributed by atoms with E-state index < -0.39 is 0 Å². The van der Waals surface area contributed by atoms with Crippen molar-refractivity contribution in [3.05, 3.63) is 94.6 Å². The molecule has 4 nitrogen and oxygen atoms in total. The van der Waals surface area contributed by atoms with Crippen LogP contribution in [0.1, 0.15) is 5.56 Å². The molecule has 2 heterocycles. The van der Waals surface area contributed by atoms with Crippen LogP contribution in [0, 0.1) is 11.3 Å². The average molecular weight is 417 g/mol. The van der Waals surface area contributed by atoms with Crippen molar-refractivity contribution >= 4 is 34.7 Å². The Labute approximate surface area is 178 Å². The zero-order chi connectivity index (χ0) is 20.2. The third-order valence-corrected chi connectivity index (χ3v) is 4.82. The first-order valence-corrected chi connectivity index (χ1v) is 9.55. The molecule has 0 aliphatic carbocycles. The summed E-state index contributed by atoms with van der Waals surface area (Å²) >= 11 is 12.0. The van der Waals surface area contributed by atoms with Gasteiger partial charge in [-0.05, 0) is 60.2 Å². The number of aromatic nitrogens is 2. The van der Waals surface area contributed by atoms with Crippen LogP contribution in [-0.4, -0.2) is 9.97 Å². The highest BCUT2D eigenvalue weighted by molar-refractivity contribution is 6.30.